The first-order valence-corrected chi connectivity index (χ1v) is 5.35. The normalized spacial score (nSPS) is 36.7. The summed E-state index contributed by atoms with van der Waals surface area (Å²) < 4.78 is 11.2. The molecule has 1 heterocycles. The van der Waals surface area contributed by atoms with Gasteiger partial charge in [-0.2, -0.15) is 0 Å². The molecule has 0 radical (unpaired) electrons. The average molecular weight is 185 g/mol. The molecule has 0 aromatic rings. The summed E-state index contributed by atoms with van der Waals surface area (Å²) in [5.41, 5.74) is 5.94. The van der Waals surface area contributed by atoms with Crippen LogP contribution in [0.25, 0.3) is 0 Å². The maximum Gasteiger partial charge on any atom is 0.0729 e. The molecule has 2 atom stereocenters. The molecular formula is C10H19NO2. The van der Waals surface area contributed by atoms with Crippen LogP contribution in [0.4, 0.5) is 0 Å². The van der Waals surface area contributed by atoms with Gasteiger partial charge in [-0.15, -0.1) is 0 Å². The van der Waals surface area contributed by atoms with Gasteiger partial charge in [0.05, 0.1) is 12.2 Å². The zero-order valence-electron chi connectivity index (χ0n) is 8.08. The highest BCUT2D eigenvalue weighted by molar-refractivity contribution is 4.82. The number of hydrogen-bond acceptors (Lipinski definition) is 3. The van der Waals surface area contributed by atoms with Crippen LogP contribution in [0.15, 0.2) is 0 Å². The van der Waals surface area contributed by atoms with Crippen LogP contribution >= 0.6 is 0 Å². The lowest BCUT2D eigenvalue weighted by Crippen LogP contribution is -2.36. The van der Waals surface area contributed by atoms with Gasteiger partial charge < -0.3 is 15.2 Å². The van der Waals surface area contributed by atoms with Gasteiger partial charge in [-0.3, -0.25) is 0 Å². The summed E-state index contributed by atoms with van der Waals surface area (Å²) in [6.07, 6.45) is 6.33. The Labute approximate surface area is 79.6 Å². The molecule has 76 valence electrons. The fraction of sp³-hybridized carbons (Fsp3) is 1.00. The summed E-state index contributed by atoms with van der Waals surface area (Å²) in [5.74, 6) is 0. The molecule has 2 aliphatic rings. The Morgan fingerprint density at radius 1 is 1.08 bits per heavy atom. The lowest BCUT2D eigenvalue weighted by molar-refractivity contribution is -0.0698. The number of nitrogens with two attached hydrogens (primary N) is 1. The van der Waals surface area contributed by atoms with Crippen molar-refractivity contribution in [2.45, 2.75) is 50.4 Å². The fourth-order valence-corrected chi connectivity index (χ4v) is 2.18. The maximum absolute atomic E-state index is 5.96. The zero-order chi connectivity index (χ0) is 9.10. The Hall–Kier alpha value is -0.120. The minimum absolute atomic E-state index is 0.280. The van der Waals surface area contributed by atoms with E-state index in [1.807, 2.05) is 0 Å². The van der Waals surface area contributed by atoms with Crippen molar-refractivity contribution in [3.05, 3.63) is 0 Å². The van der Waals surface area contributed by atoms with Gasteiger partial charge in [0.2, 0.25) is 0 Å². The smallest absolute Gasteiger partial charge is 0.0729 e. The Morgan fingerprint density at radius 2 is 1.85 bits per heavy atom. The Kier molecular flexibility index (Phi) is 3.19. The van der Waals surface area contributed by atoms with E-state index in [4.69, 9.17) is 15.2 Å². The molecule has 1 aliphatic carbocycles. The van der Waals surface area contributed by atoms with E-state index in [0.29, 0.717) is 12.2 Å². The van der Waals surface area contributed by atoms with Crippen LogP contribution in [0, 0.1) is 0 Å². The second-order valence-electron chi connectivity index (χ2n) is 4.08. The molecule has 0 bridgehead atoms. The van der Waals surface area contributed by atoms with E-state index in [0.717, 1.165) is 38.9 Å². The highest BCUT2D eigenvalue weighted by Crippen LogP contribution is 2.24. The monoisotopic (exact) mass is 185 g/mol. The molecule has 0 aromatic carbocycles. The predicted octanol–water partition coefficient (Wildman–Crippen LogP) is 1.06. The van der Waals surface area contributed by atoms with E-state index in [-0.39, 0.29) is 6.04 Å². The molecule has 1 saturated carbocycles. The standard InChI is InChI=1S/C10H19NO2/c11-9-2-1-3-10(9)13-8-4-6-12-7-5-8/h8-10H,1-7,11H2. The molecular weight excluding hydrogens is 166 g/mol. The molecule has 3 heteroatoms. The van der Waals surface area contributed by atoms with E-state index in [1.54, 1.807) is 0 Å². The summed E-state index contributed by atoms with van der Waals surface area (Å²) in [4.78, 5) is 0. The molecule has 1 aliphatic heterocycles. The Bertz CT molecular complexity index is 157. The van der Waals surface area contributed by atoms with Gasteiger partial charge in [0.25, 0.3) is 0 Å². The van der Waals surface area contributed by atoms with Crippen LogP contribution in [0.5, 0.6) is 0 Å². The minimum Gasteiger partial charge on any atom is -0.381 e. The fourth-order valence-electron chi connectivity index (χ4n) is 2.18. The maximum atomic E-state index is 5.96. The van der Waals surface area contributed by atoms with Crippen molar-refractivity contribution in [1.29, 1.82) is 0 Å². The molecule has 2 rings (SSSR count). The molecule has 1 saturated heterocycles. The first-order valence-electron chi connectivity index (χ1n) is 5.35. The van der Waals surface area contributed by atoms with Crippen molar-refractivity contribution < 1.29 is 9.47 Å². The number of ether oxygens (including phenoxy) is 2. The van der Waals surface area contributed by atoms with Crippen molar-refractivity contribution >= 4 is 0 Å². The van der Waals surface area contributed by atoms with Crippen molar-refractivity contribution in [1.82, 2.24) is 0 Å². The van der Waals surface area contributed by atoms with E-state index >= 15 is 0 Å². The number of hydrogen-bond donors (Lipinski definition) is 1. The average Bonchev–Trinajstić information content (AvgIpc) is 2.54. The van der Waals surface area contributed by atoms with Gasteiger partial charge in [0.1, 0.15) is 0 Å². The second kappa shape index (κ2) is 4.40. The summed E-state index contributed by atoms with van der Waals surface area (Å²) in [6, 6.07) is 0.280. The van der Waals surface area contributed by atoms with Gasteiger partial charge in [0.15, 0.2) is 0 Å². The summed E-state index contributed by atoms with van der Waals surface area (Å²) >= 11 is 0. The van der Waals surface area contributed by atoms with Crippen LogP contribution in [-0.4, -0.2) is 31.5 Å². The summed E-state index contributed by atoms with van der Waals surface area (Å²) in [7, 11) is 0. The van der Waals surface area contributed by atoms with Gasteiger partial charge in [-0.05, 0) is 32.1 Å². The highest BCUT2D eigenvalue weighted by Gasteiger charge is 2.28. The van der Waals surface area contributed by atoms with Crippen molar-refractivity contribution in [3.8, 4) is 0 Å². The SMILES string of the molecule is NC1CCCC1OC1CCOCC1. The molecule has 0 spiro atoms. The van der Waals surface area contributed by atoms with Crippen LogP contribution in [0.3, 0.4) is 0 Å². The summed E-state index contributed by atoms with van der Waals surface area (Å²) in [5, 5.41) is 0. The van der Waals surface area contributed by atoms with E-state index < -0.39 is 0 Å². The summed E-state index contributed by atoms with van der Waals surface area (Å²) in [6.45, 7) is 1.71. The zero-order valence-corrected chi connectivity index (χ0v) is 8.08. The van der Waals surface area contributed by atoms with Crippen LogP contribution in [0.2, 0.25) is 0 Å². The van der Waals surface area contributed by atoms with Gasteiger partial charge in [-0.25, -0.2) is 0 Å². The van der Waals surface area contributed by atoms with Crippen LogP contribution in [-0.2, 0) is 9.47 Å². The minimum atomic E-state index is 0.280. The molecule has 2 unspecified atom stereocenters. The van der Waals surface area contributed by atoms with Crippen molar-refractivity contribution in [2.75, 3.05) is 13.2 Å². The third-order valence-corrected chi connectivity index (χ3v) is 3.04. The van der Waals surface area contributed by atoms with E-state index in [9.17, 15) is 0 Å². The molecule has 2 fully saturated rings. The largest absolute Gasteiger partial charge is 0.381 e. The molecule has 0 amide bonds. The second-order valence-corrected chi connectivity index (χ2v) is 4.08. The lowest BCUT2D eigenvalue weighted by atomic mass is 10.1. The van der Waals surface area contributed by atoms with Crippen molar-refractivity contribution in [3.63, 3.8) is 0 Å². The quantitative estimate of drug-likeness (QED) is 0.699. The molecule has 2 N–H and O–H groups in total. The first-order chi connectivity index (χ1) is 6.36. The van der Waals surface area contributed by atoms with Gasteiger partial charge in [0, 0.05) is 19.3 Å². The lowest BCUT2D eigenvalue weighted by Gasteiger charge is -2.27. The van der Waals surface area contributed by atoms with E-state index in [1.165, 1.54) is 6.42 Å². The predicted molar refractivity (Wildman–Crippen MR) is 50.5 cm³/mol. The highest BCUT2D eigenvalue weighted by atomic mass is 16.5. The molecule has 0 aromatic heterocycles. The van der Waals surface area contributed by atoms with Crippen LogP contribution in [0.1, 0.15) is 32.1 Å². The van der Waals surface area contributed by atoms with Gasteiger partial charge in [-0.1, -0.05) is 0 Å². The molecule has 13 heavy (non-hydrogen) atoms. The topological polar surface area (TPSA) is 44.5 Å². The van der Waals surface area contributed by atoms with E-state index in [2.05, 4.69) is 0 Å². The Morgan fingerprint density at radius 3 is 2.46 bits per heavy atom. The van der Waals surface area contributed by atoms with Gasteiger partial charge >= 0.3 is 0 Å². The van der Waals surface area contributed by atoms with Crippen LogP contribution < -0.4 is 5.73 Å². The first kappa shape index (κ1) is 9.44. The number of rotatable bonds is 2. The van der Waals surface area contributed by atoms with Crippen molar-refractivity contribution in [2.24, 2.45) is 5.73 Å². The third kappa shape index (κ3) is 2.42. The third-order valence-electron chi connectivity index (χ3n) is 3.04. The molecule has 3 nitrogen and oxygen atoms in total. The Balaban J connectivity index is 1.75.